The lowest BCUT2D eigenvalue weighted by molar-refractivity contribution is -0.118. The first-order chi connectivity index (χ1) is 13.7. The monoisotopic (exact) mass is 392 g/mol. The predicted octanol–water partition coefficient (Wildman–Crippen LogP) is 4.33. The van der Waals surface area contributed by atoms with Crippen molar-refractivity contribution in [1.29, 1.82) is 0 Å². The fraction of sp³-hybridized carbons (Fsp3) is 0.273. The highest BCUT2D eigenvalue weighted by molar-refractivity contribution is 7.13. The Morgan fingerprint density at radius 3 is 2.71 bits per heavy atom. The van der Waals surface area contributed by atoms with Crippen LogP contribution in [0.4, 0.5) is 5.82 Å². The van der Waals surface area contributed by atoms with E-state index >= 15 is 0 Å². The number of piperidine rings is 1. The average Bonchev–Trinajstić information content (AvgIpc) is 3.41. The van der Waals surface area contributed by atoms with Gasteiger partial charge in [-0.1, -0.05) is 36.4 Å². The molecule has 2 N–H and O–H groups in total. The number of rotatable bonds is 5. The van der Waals surface area contributed by atoms with Gasteiger partial charge >= 0.3 is 0 Å². The summed E-state index contributed by atoms with van der Waals surface area (Å²) in [5, 5.41) is 12.8. The third-order valence-corrected chi connectivity index (χ3v) is 5.95. The molecule has 0 radical (unpaired) electrons. The molecule has 0 aliphatic carbocycles. The molecule has 0 saturated carbocycles. The van der Waals surface area contributed by atoms with Crippen molar-refractivity contribution in [2.75, 3.05) is 18.0 Å². The van der Waals surface area contributed by atoms with Gasteiger partial charge in [0, 0.05) is 30.8 Å². The number of thiophene rings is 1. The molecule has 3 aromatic rings. The highest BCUT2D eigenvalue weighted by atomic mass is 32.1. The maximum Gasteiger partial charge on any atom is 0.247 e. The summed E-state index contributed by atoms with van der Waals surface area (Å²) in [6, 6.07) is 16.4. The number of H-pyrrole nitrogens is 1. The molecule has 1 aliphatic rings. The largest absolute Gasteiger partial charge is 0.355 e. The van der Waals surface area contributed by atoms with E-state index in [1.54, 1.807) is 11.3 Å². The molecule has 0 unspecified atom stereocenters. The van der Waals surface area contributed by atoms with E-state index in [4.69, 9.17) is 0 Å². The second-order valence-electron chi connectivity index (χ2n) is 7.09. The van der Waals surface area contributed by atoms with Crippen molar-refractivity contribution in [3.63, 3.8) is 0 Å². The number of carbonyl (C=O) groups excluding carboxylic acids is 1. The van der Waals surface area contributed by atoms with Crippen LogP contribution in [-0.4, -0.2) is 35.2 Å². The lowest BCUT2D eigenvalue weighted by atomic mass is 10.0. The minimum absolute atomic E-state index is 0.0158. The van der Waals surface area contributed by atoms with Crippen LogP contribution in [0, 0.1) is 0 Å². The van der Waals surface area contributed by atoms with Crippen molar-refractivity contribution < 1.29 is 4.79 Å². The molecule has 0 atom stereocenters. The zero-order chi connectivity index (χ0) is 19.3. The van der Waals surface area contributed by atoms with E-state index in [1.807, 2.05) is 49.4 Å². The van der Waals surface area contributed by atoms with Gasteiger partial charge in [0.15, 0.2) is 5.82 Å². The van der Waals surface area contributed by atoms with Crippen molar-refractivity contribution in [2.24, 2.45) is 0 Å². The van der Waals surface area contributed by atoms with Gasteiger partial charge in [-0.05, 0) is 42.9 Å². The van der Waals surface area contributed by atoms with Crippen molar-refractivity contribution in [3.05, 3.63) is 65.0 Å². The van der Waals surface area contributed by atoms with E-state index in [-0.39, 0.29) is 11.9 Å². The van der Waals surface area contributed by atoms with Crippen LogP contribution in [0.2, 0.25) is 0 Å². The Morgan fingerprint density at radius 1 is 1.21 bits per heavy atom. The zero-order valence-corrected chi connectivity index (χ0v) is 16.7. The Morgan fingerprint density at radius 2 is 2.00 bits per heavy atom. The SMILES string of the molecule is C/C(=C\c1ccccc1)C(=O)NC1CCN(c2cc(-c3cccs3)[nH]n2)CC1. The van der Waals surface area contributed by atoms with Gasteiger partial charge in [0.25, 0.3) is 0 Å². The molecule has 5 nitrogen and oxygen atoms in total. The van der Waals surface area contributed by atoms with E-state index in [9.17, 15) is 4.79 Å². The summed E-state index contributed by atoms with van der Waals surface area (Å²) in [5.41, 5.74) is 2.84. The van der Waals surface area contributed by atoms with Gasteiger partial charge in [-0.25, -0.2) is 0 Å². The molecular weight excluding hydrogens is 368 g/mol. The maximum atomic E-state index is 12.5. The van der Waals surface area contributed by atoms with E-state index < -0.39 is 0 Å². The number of aromatic nitrogens is 2. The number of anilines is 1. The summed E-state index contributed by atoms with van der Waals surface area (Å²) in [4.78, 5) is 16.0. The number of benzene rings is 1. The molecule has 28 heavy (non-hydrogen) atoms. The van der Waals surface area contributed by atoms with Crippen LogP contribution in [0.5, 0.6) is 0 Å². The lowest BCUT2D eigenvalue weighted by Gasteiger charge is -2.32. The molecule has 0 spiro atoms. The van der Waals surface area contributed by atoms with Crippen molar-refractivity contribution in [2.45, 2.75) is 25.8 Å². The molecule has 3 heterocycles. The topological polar surface area (TPSA) is 61.0 Å². The number of aromatic amines is 1. The molecule has 6 heteroatoms. The van der Waals surface area contributed by atoms with Gasteiger partial charge in [-0.15, -0.1) is 11.3 Å². The summed E-state index contributed by atoms with van der Waals surface area (Å²) in [6.45, 7) is 3.65. The summed E-state index contributed by atoms with van der Waals surface area (Å²) in [7, 11) is 0. The quantitative estimate of drug-likeness (QED) is 0.636. The molecule has 4 rings (SSSR count). The third kappa shape index (κ3) is 4.34. The van der Waals surface area contributed by atoms with Crippen molar-refractivity contribution in [1.82, 2.24) is 15.5 Å². The molecule has 1 fully saturated rings. The molecule has 1 amide bonds. The molecule has 0 bridgehead atoms. The van der Waals surface area contributed by atoms with Crippen LogP contribution >= 0.6 is 11.3 Å². The highest BCUT2D eigenvalue weighted by Gasteiger charge is 2.22. The summed E-state index contributed by atoms with van der Waals surface area (Å²) < 4.78 is 0. The Balaban J connectivity index is 1.31. The fourth-order valence-corrected chi connectivity index (χ4v) is 4.14. The van der Waals surface area contributed by atoms with Gasteiger partial charge in [0.05, 0.1) is 10.6 Å². The number of nitrogens with one attached hydrogen (secondary N) is 2. The number of amides is 1. The summed E-state index contributed by atoms with van der Waals surface area (Å²) >= 11 is 1.70. The second-order valence-corrected chi connectivity index (χ2v) is 8.04. The lowest BCUT2D eigenvalue weighted by Crippen LogP contribution is -2.45. The van der Waals surface area contributed by atoms with E-state index in [0.29, 0.717) is 0 Å². The fourth-order valence-electron chi connectivity index (χ4n) is 3.45. The minimum Gasteiger partial charge on any atom is -0.355 e. The van der Waals surface area contributed by atoms with Crippen LogP contribution in [0.15, 0.2) is 59.5 Å². The van der Waals surface area contributed by atoms with Crippen LogP contribution in [-0.2, 0) is 4.79 Å². The standard InChI is InChI=1S/C22H24N4OS/c1-16(14-17-6-3-2-4-7-17)22(27)23-18-9-11-26(12-10-18)21-15-19(24-25-21)20-8-5-13-28-20/h2-8,13-15,18H,9-12H2,1H3,(H,23,27)(H,24,25)/b16-14+. The Kier molecular flexibility index (Phi) is 5.58. The van der Waals surface area contributed by atoms with Crippen LogP contribution < -0.4 is 10.2 Å². The molecule has 2 aromatic heterocycles. The Labute approximate surface area is 169 Å². The third-order valence-electron chi connectivity index (χ3n) is 5.05. The maximum absolute atomic E-state index is 12.5. The number of hydrogen-bond acceptors (Lipinski definition) is 4. The second kappa shape index (κ2) is 8.44. The Hall–Kier alpha value is -2.86. The van der Waals surface area contributed by atoms with Crippen molar-refractivity contribution in [3.8, 4) is 10.6 Å². The smallest absolute Gasteiger partial charge is 0.247 e. The van der Waals surface area contributed by atoms with Crippen LogP contribution in [0.25, 0.3) is 16.6 Å². The summed E-state index contributed by atoms with van der Waals surface area (Å²) in [6.07, 6.45) is 3.78. The van der Waals surface area contributed by atoms with Gasteiger partial charge in [-0.3, -0.25) is 9.89 Å². The number of hydrogen-bond donors (Lipinski definition) is 2. The first kappa shape index (κ1) is 18.5. The predicted molar refractivity (Wildman–Crippen MR) is 115 cm³/mol. The van der Waals surface area contributed by atoms with Crippen molar-refractivity contribution >= 4 is 29.1 Å². The van der Waals surface area contributed by atoms with E-state index in [1.165, 1.54) is 4.88 Å². The molecular formula is C22H24N4OS. The first-order valence-corrected chi connectivity index (χ1v) is 10.5. The molecule has 1 saturated heterocycles. The zero-order valence-electron chi connectivity index (χ0n) is 15.9. The number of nitrogens with zero attached hydrogens (tertiary/aromatic N) is 2. The Bertz CT molecular complexity index is 938. The highest BCUT2D eigenvalue weighted by Crippen LogP contribution is 2.27. The minimum atomic E-state index is 0.0158. The van der Waals surface area contributed by atoms with Gasteiger partial charge < -0.3 is 10.2 Å². The van der Waals surface area contributed by atoms with Gasteiger partial charge in [-0.2, -0.15) is 5.10 Å². The molecule has 144 valence electrons. The normalized spacial score (nSPS) is 15.6. The van der Waals surface area contributed by atoms with E-state index in [0.717, 1.165) is 48.6 Å². The van der Waals surface area contributed by atoms with Gasteiger partial charge in [0.2, 0.25) is 5.91 Å². The molecule has 1 aromatic carbocycles. The van der Waals surface area contributed by atoms with Crippen LogP contribution in [0.3, 0.4) is 0 Å². The van der Waals surface area contributed by atoms with Crippen LogP contribution in [0.1, 0.15) is 25.3 Å². The van der Waals surface area contributed by atoms with Gasteiger partial charge in [0.1, 0.15) is 0 Å². The van der Waals surface area contributed by atoms with E-state index in [2.05, 4.69) is 37.9 Å². The summed E-state index contributed by atoms with van der Waals surface area (Å²) in [5.74, 6) is 0.996. The molecule has 1 aliphatic heterocycles. The average molecular weight is 393 g/mol. The first-order valence-electron chi connectivity index (χ1n) is 9.57. The number of carbonyl (C=O) groups is 1.